The molecule has 5 nitrogen and oxygen atoms in total. The number of amides is 1. The molecule has 0 aliphatic carbocycles. The second kappa shape index (κ2) is 6.09. The monoisotopic (exact) mass is 269 g/mol. The molecule has 2 heterocycles. The van der Waals surface area contributed by atoms with E-state index in [-0.39, 0.29) is 12.3 Å². The maximum Gasteiger partial charge on any atom is 0.410 e. The van der Waals surface area contributed by atoms with Crippen molar-refractivity contribution in [2.45, 2.75) is 51.9 Å². The van der Waals surface area contributed by atoms with Crippen molar-refractivity contribution in [3.8, 4) is 0 Å². The highest BCUT2D eigenvalue weighted by Crippen LogP contribution is 2.21. The van der Waals surface area contributed by atoms with Crippen LogP contribution in [0.25, 0.3) is 0 Å². The molecule has 1 amide bonds. The van der Waals surface area contributed by atoms with E-state index in [2.05, 4.69) is 4.90 Å². The maximum absolute atomic E-state index is 11.9. The van der Waals surface area contributed by atoms with Crippen LogP contribution in [-0.2, 0) is 9.47 Å². The summed E-state index contributed by atoms with van der Waals surface area (Å²) in [4.78, 5) is 16.0. The fourth-order valence-electron chi connectivity index (χ4n) is 2.41. The van der Waals surface area contributed by atoms with E-state index in [0.717, 1.165) is 39.0 Å². The van der Waals surface area contributed by atoms with Crippen molar-refractivity contribution in [1.82, 2.24) is 9.80 Å². The molecular formula is C14H25N2O3. The van der Waals surface area contributed by atoms with Gasteiger partial charge in [-0.15, -0.1) is 0 Å². The average Bonchev–Trinajstić information content (AvgIpc) is 2.38. The summed E-state index contributed by atoms with van der Waals surface area (Å²) in [7, 11) is 0. The number of rotatable bonds is 1. The lowest BCUT2D eigenvalue weighted by atomic mass is 10.1. The lowest BCUT2D eigenvalue weighted by Crippen LogP contribution is -2.53. The number of carbonyl (C=O) groups is 1. The van der Waals surface area contributed by atoms with Gasteiger partial charge in [0.1, 0.15) is 11.8 Å². The first-order valence-corrected chi connectivity index (χ1v) is 7.15. The van der Waals surface area contributed by atoms with Crippen molar-refractivity contribution in [3.63, 3.8) is 0 Å². The van der Waals surface area contributed by atoms with Crippen LogP contribution in [0.4, 0.5) is 4.79 Å². The molecule has 19 heavy (non-hydrogen) atoms. The van der Waals surface area contributed by atoms with E-state index >= 15 is 0 Å². The van der Waals surface area contributed by atoms with E-state index in [0.29, 0.717) is 0 Å². The Morgan fingerprint density at radius 1 is 1.26 bits per heavy atom. The predicted octanol–water partition coefficient (Wildman–Crippen LogP) is 2.23. The molecule has 0 aromatic rings. The van der Waals surface area contributed by atoms with Gasteiger partial charge in [-0.1, -0.05) is 0 Å². The number of piperazine rings is 1. The largest absolute Gasteiger partial charge is 0.444 e. The third-order valence-corrected chi connectivity index (χ3v) is 3.40. The number of carbonyl (C=O) groups excluding carboxylic acids is 1. The summed E-state index contributed by atoms with van der Waals surface area (Å²) in [5.41, 5.74) is -0.421. The number of hydrogen-bond donors (Lipinski definition) is 0. The average molecular weight is 269 g/mol. The van der Waals surface area contributed by atoms with Crippen LogP contribution in [0, 0.1) is 6.61 Å². The van der Waals surface area contributed by atoms with Crippen LogP contribution in [0.15, 0.2) is 0 Å². The Labute approximate surface area is 115 Å². The minimum atomic E-state index is -0.421. The molecule has 2 rings (SSSR count). The number of ether oxygens (including phenoxy) is 2. The molecule has 0 aromatic carbocycles. The lowest BCUT2D eigenvalue weighted by molar-refractivity contribution is -0.0737. The molecule has 0 aromatic heterocycles. The molecule has 5 heteroatoms. The molecule has 0 spiro atoms. The Balaban J connectivity index is 1.77. The Bertz CT molecular complexity index is 300. The highest BCUT2D eigenvalue weighted by Gasteiger charge is 2.29. The highest BCUT2D eigenvalue weighted by atomic mass is 16.6. The van der Waals surface area contributed by atoms with Gasteiger partial charge in [0.15, 0.2) is 0 Å². The van der Waals surface area contributed by atoms with Crippen LogP contribution >= 0.6 is 0 Å². The summed E-state index contributed by atoms with van der Waals surface area (Å²) < 4.78 is 11.0. The van der Waals surface area contributed by atoms with Gasteiger partial charge in [-0.05, 0) is 40.0 Å². The molecule has 2 aliphatic rings. The van der Waals surface area contributed by atoms with Crippen molar-refractivity contribution < 1.29 is 14.3 Å². The fourth-order valence-corrected chi connectivity index (χ4v) is 2.41. The maximum atomic E-state index is 11.9. The van der Waals surface area contributed by atoms with E-state index < -0.39 is 5.60 Å². The molecule has 0 N–H and O–H groups in total. The first kappa shape index (κ1) is 14.6. The fraction of sp³-hybridized carbons (Fsp3) is 0.857. The molecule has 2 saturated heterocycles. The molecule has 1 atom stereocenters. The number of hydrogen-bond acceptors (Lipinski definition) is 4. The minimum Gasteiger partial charge on any atom is -0.444 e. The van der Waals surface area contributed by atoms with Crippen molar-refractivity contribution in [1.29, 1.82) is 0 Å². The van der Waals surface area contributed by atoms with Gasteiger partial charge in [0.25, 0.3) is 0 Å². The van der Waals surface area contributed by atoms with Gasteiger partial charge in [-0.25, -0.2) is 4.79 Å². The van der Waals surface area contributed by atoms with E-state index in [9.17, 15) is 4.79 Å². The molecular weight excluding hydrogens is 244 g/mol. The third kappa shape index (κ3) is 4.35. The lowest BCUT2D eigenvalue weighted by Gasteiger charge is -2.40. The van der Waals surface area contributed by atoms with Gasteiger partial charge in [0.2, 0.25) is 0 Å². The van der Waals surface area contributed by atoms with Crippen LogP contribution < -0.4 is 0 Å². The van der Waals surface area contributed by atoms with Gasteiger partial charge in [0.05, 0.1) is 6.61 Å². The summed E-state index contributed by atoms with van der Waals surface area (Å²) in [5, 5.41) is 0. The Hall–Kier alpha value is -0.810. The van der Waals surface area contributed by atoms with Crippen LogP contribution in [-0.4, -0.2) is 53.9 Å². The summed E-state index contributed by atoms with van der Waals surface area (Å²) in [5.74, 6) is 0. The molecule has 0 saturated carbocycles. The Kier molecular flexibility index (Phi) is 4.68. The third-order valence-electron chi connectivity index (χ3n) is 3.40. The van der Waals surface area contributed by atoms with Crippen LogP contribution in [0.3, 0.4) is 0 Å². The van der Waals surface area contributed by atoms with Crippen molar-refractivity contribution in [3.05, 3.63) is 6.61 Å². The zero-order valence-electron chi connectivity index (χ0n) is 12.2. The summed E-state index contributed by atoms with van der Waals surface area (Å²) >= 11 is 0. The van der Waals surface area contributed by atoms with Gasteiger partial charge in [-0.3, -0.25) is 4.90 Å². The predicted molar refractivity (Wildman–Crippen MR) is 72.4 cm³/mol. The van der Waals surface area contributed by atoms with Crippen molar-refractivity contribution in [2.24, 2.45) is 0 Å². The quantitative estimate of drug-likeness (QED) is 0.732. The SMILES string of the molecule is CC(C)(C)OC(=O)N1CCN(C2CCC[CH]O2)CC1. The Morgan fingerprint density at radius 2 is 1.95 bits per heavy atom. The topological polar surface area (TPSA) is 42.0 Å². The second-order valence-electron chi connectivity index (χ2n) is 6.19. The zero-order valence-corrected chi connectivity index (χ0v) is 12.2. The van der Waals surface area contributed by atoms with Crippen LogP contribution in [0.2, 0.25) is 0 Å². The van der Waals surface area contributed by atoms with E-state index in [1.807, 2.05) is 27.4 Å². The van der Waals surface area contributed by atoms with Crippen LogP contribution in [0.1, 0.15) is 40.0 Å². The van der Waals surface area contributed by atoms with Crippen LogP contribution in [0.5, 0.6) is 0 Å². The standard InChI is InChI=1S/C14H25N2O3/c1-14(2,3)19-13(17)16-9-7-15(8-10-16)12-6-4-5-11-18-12/h11-12H,4-10H2,1-3H3. The van der Waals surface area contributed by atoms with Crippen molar-refractivity contribution in [2.75, 3.05) is 26.2 Å². The molecule has 109 valence electrons. The molecule has 2 aliphatic heterocycles. The highest BCUT2D eigenvalue weighted by molar-refractivity contribution is 5.68. The summed E-state index contributed by atoms with van der Waals surface area (Å²) in [6.45, 7) is 10.8. The minimum absolute atomic E-state index is 0.203. The first-order chi connectivity index (χ1) is 8.96. The number of nitrogens with zero attached hydrogens (tertiary/aromatic N) is 2. The summed E-state index contributed by atoms with van der Waals surface area (Å²) in [6, 6.07) is 0. The van der Waals surface area contributed by atoms with Crippen molar-refractivity contribution >= 4 is 6.09 Å². The van der Waals surface area contributed by atoms with E-state index in [4.69, 9.17) is 9.47 Å². The molecule has 0 bridgehead atoms. The smallest absolute Gasteiger partial charge is 0.410 e. The van der Waals surface area contributed by atoms with Gasteiger partial charge >= 0.3 is 6.09 Å². The Morgan fingerprint density at radius 3 is 2.47 bits per heavy atom. The second-order valence-corrected chi connectivity index (χ2v) is 6.19. The molecule has 2 fully saturated rings. The zero-order chi connectivity index (χ0) is 13.9. The van der Waals surface area contributed by atoms with Gasteiger partial charge < -0.3 is 14.4 Å². The summed E-state index contributed by atoms with van der Waals surface area (Å²) in [6.07, 6.45) is 3.33. The normalized spacial score (nSPS) is 26.3. The van der Waals surface area contributed by atoms with Gasteiger partial charge in [0, 0.05) is 26.2 Å². The molecule has 1 radical (unpaired) electrons. The van der Waals surface area contributed by atoms with E-state index in [1.54, 1.807) is 4.90 Å². The van der Waals surface area contributed by atoms with Gasteiger partial charge in [-0.2, -0.15) is 0 Å². The van der Waals surface area contributed by atoms with E-state index in [1.165, 1.54) is 6.42 Å². The first-order valence-electron chi connectivity index (χ1n) is 7.15. The molecule has 1 unspecified atom stereocenters.